The van der Waals surface area contributed by atoms with Gasteiger partial charge >= 0.3 is 5.97 Å². The fourth-order valence-corrected chi connectivity index (χ4v) is 4.80. The Morgan fingerprint density at radius 1 is 0.698 bits per heavy atom. The maximum absolute atomic E-state index is 12.2. The smallest absolute Gasteiger partial charge is 0.307 e. The molecule has 0 aromatic heterocycles. The predicted molar refractivity (Wildman–Crippen MR) is 185 cm³/mol. The van der Waals surface area contributed by atoms with Gasteiger partial charge in [-0.25, -0.2) is 0 Å². The van der Waals surface area contributed by atoms with E-state index in [2.05, 4.69) is 139 Å². The van der Waals surface area contributed by atoms with Gasteiger partial charge in [-0.2, -0.15) is 0 Å². The number of fused-ring (bicyclic) bond motifs is 2. The van der Waals surface area contributed by atoms with Gasteiger partial charge in [-0.15, -0.1) is 0 Å². The van der Waals surface area contributed by atoms with E-state index in [-0.39, 0.29) is 5.97 Å². The van der Waals surface area contributed by atoms with Crippen LogP contribution in [0, 0.1) is 0 Å². The molecule has 3 nitrogen and oxygen atoms in total. The minimum absolute atomic E-state index is 0.129. The molecule has 0 N–H and O–H groups in total. The number of carbonyl (C=O) groups excluding carboxylic acids is 1. The largest absolute Gasteiger partial charge is 0.449 e. The zero-order valence-corrected chi connectivity index (χ0v) is 26.2. The summed E-state index contributed by atoms with van der Waals surface area (Å²) < 4.78 is 5.52. The molecular weight excluding hydrogens is 526 g/mol. The molecule has 0 heterocycles. The highest BCUT2D eigenvalue weighted by molar-refractivity contribution is 5.93. The van der Waals surface area contributed by atoms with Crippen molar-refractivity contribution >= 4 is 23.7 Å². The Kier molecular flexibility index (Phi) is 16.3. The van der Waals surface area contributed by atoms with Crippen LogP contribution in [-0.2, 0) is 9.53 Å². The molecule has 0 unspecified atom stereocenters. The van der Waals surface area contributed by atoms with Crippen LogP contribution in [0.25, 0.3) is 17.7 Å². The van der Waals surface area contributed by atoms with Gasteiger partial charge in [-0.05, 0) is 86.2 Å². The Morgan fingerprint density at radius 2 is 1.21 bits per heavy atom. The van der Waals surface area contributed by atoms with Crippen molar-refractivity contribution in [1.29, 1.82) is 0 Å². The monoisotopic (exact) mass is 575 g/mol. The fourth-order valence-electron chi connectivity index (χ4n) is 4.80. The van der Waals surface area contributed by atoms with E-state index in [4.69, 9.17) is 4.74 Å². The zero-order chi connectivity index (χ0) is 30.4. The van der Waals surface area contributed by atoms with Crippen molar-refractivity contribution in [2.75, 3.05) is 20.3 Å². The van der Waals surface area contributed by atoms with Crippen molar-refractivity contribution in [3.63, 3.8) is 0 Å². The number of ether oxygens (including phenoxy) is 1. The summed E-state index contributed by atoms with van der Waals surface area (Å²) in [6, 6.07) is 17.1. The quantitative estimate of drug-likeness (QED) is 0.0654. The van der Waals surface area contributed by atoms with Gasteiger partial charge in [0.15, 0.2) is 0 Å². The summed E-state index contributed by atoms with van der Waals surface area (Å²) in [6.07, 6.45) is 36.7. The number of hydrogen-bond acceptors (Lipinski definition) is 3. The molecule has 2 aromatic carbocycles. The number of rotatable bonds is 18. The first-order valence-corrected chi connectivity index (χ1v) is 15.8. The van der Waals surface area contributed by atoms with Crippen LogP contribution in [0.3, 0.4) is 0 Å². The Hall–Kier alpha value is -3.95. The maximum Gasteiger partial charge on any atom is 0.307 e. The average molecular weight is 576 g/mol. The van der Waals surface area contributed by atoms with E-state index in [0.29, 0.717) is 13.2 Å². The lowest BCUT2D eigenvalue weighted by Crippen LogP contribution is -2.24. The van der Waals surface area contributed by atoms with E-state index in [1.54, 1.807) is 0 Å². The molecule has 3 heteroatoms. The minimum Gasteiger partial charge on any atom is -0.449 e. The highest BCUT2D eigenvalue weighted by atomic mass is 16.5. The number of unbranched alkanes of at least 4 members (excludes halogenated alkanes) is 1. The first-order valence-electron chi connectivity index (χ1n) is 15.8. The van der Waals surface area contributed by atoms with Gasteiger partial charge in [0, 0.05) is 13.0 Å². The van der Waals surface area contributed by atoms with Gasteiger partial charge in [-0.3, -0.25) is 9.69 Å². The summed E-state index contributed by atoms with van der Waals surface area (Å²) in [7, 11) is 2.00. The lowest BCUT2D eigenvalue weighted by Gasteiger charge is -2.17. The van der Waals surface area contributed by atoms with E-state index >= 15 is 0 Å². The van der Waals surface area contributed by atoms with Crippen molar-refractivity contribution in [3.8, 4) is 0 Å². The molecule has 43 heavy (non-hydrogen) atoms. The molecule has 3 rings (SSSR count). The topological polar surface area (TPSA) is 29.5 Å². The van der Waals surface area contributed by atoms with E-state index < -0.39 is 0 Å². The van der Waals surface area contributed by atoms with Gasteiger partial charge in [-0.1, -0.05) is 134 Å². The van der Waals surface area contributed by atoms with Crippen molar-refractivity contribution in [2.45, 2.75) is 64.7 Å². The summed E-state index contributed by atoms with van der Waals surface area (Å²) >= 11 is 0. The second-order valence-corrected chi connectivity index (χ2v) is 10.7. The number of esters is 1. The molecule has 0 aliphatic heterocycles. The van der Waals surface area contributed by atoms with Crippen molar-refractivity contribution in [1.82, 2.24) is 4.90 Å². The molecule has 0 bridgehead atoms. The third-order valence-corrected chi connectivity index (χ3v) is 7.16. The van der Waals surface area contributed by atoms with Crippen molar-refractivity contribution in [2.24, 2.45) is 0 Å². The van der Waals surface area contributed by atoms with Crippen LogP contribution in [0.5, 0.6) is 0 Å². The van der Waals surface area contributed by atoms with Gasteiger partial charge in [0.2, 0.25) is 0 Å². The molecule has 0 radical (unpaired) electrons. The predicted octanol–water partition coefficient (Wildman–Crippen LogP) is 10.3. The number of benzene rings is 2. The van der Waals surface area contributed by atoms with Gasteiger partial charge in [0.05, 0.1) is 0 Å². The molecule has 2 aromatic rings. The minimum atomic E-state index is -0.129. The lowest BCUT2D eigenvalue weighted by molar-refractivity contribution is -0.148. The van der Waals surface area contributed by atoms with Crippen LogP contribution < -0.4 is 0 Å². The van der Waals surface area contributed by atoms with Crippen LogP contribution in [-0.4, -0.2) is 31.2 Å². The van der Waals surface area contributed by atoms with Crippen LogP contribution >= 0.6 is 0 Å². The van der Waals surface area contributed by atoms with E-state index in [1.165, 1.54) is 27.8 Å². The standard InChI is InChI=1S/C40H49NO2/c1-3-4-5-6-7-8-9-10-11-12-13-14-15-16-17-18-19-30-40(42)43-34-41(2)33-24-29-39-37-27-22-20-25-35(37)31-32-36-26-21-23-28-38(36)39/h4-5,7-8,10-11,13-14,16-17,20-23,25-29,31-32H,3,6,9,12,15,18-19,24,30,33-34H2,1-2H3/b5-4-,8-7-,11-10-,14-13-,17-16-. The third kappa shape index (κ3) is 13.3. The first kappa shape index (κ1) is 33.6. The Bertz CT molecular complexity index is 1270. The van der Waals surface area contributed by atoms with Gasteiger partial charge in [0.1, 0.15) is 6.73 Å². The van der Waals surface area contributed by atoms with E-state index in [9.17, 15) is 4.79 Å². The maximum atomic E-state index is 12.2. The molecule has 1 aliphatic rings. The van der Waals surface area contributed by atoms with Crippen molar-refractivity contribution in [3.05, 3.63) is 138 Å². The van der Waals surface area contributed by atoms with E-state index in [0.717, 1.165) is 57.9 Å². The molecular formula is C40H49NO2. The molecule has 0 amide bonds. The Labute approximate surface area is 260 Å². The average Bonchev–Trinajstić information content (AvgIpc) is 3.18. The van der Waals surface area contributed by atoms with Gasteiger partial charge < -0.3 is 4.74 Å². The highest BCUT2D eigenvalue weighted by Crippen LogP contribution is 2.33. The van der Waals surface area contributed by atoms with Crippen molar-refractivity contribution < 1.29 is 9.53 Å². The first-order chi connectivity index (χ1) is 21.2. The third-order valence-electron chi connectivity index (χ3n) is 7.16. The number of allylic oxidation sites excluding steroid dienone is 10. The van der Waals surface area contributed by atoms with E-state index in [1.807, 2.05) is 7.05 Å². The van der Waals surface area contributed by atoms with Crippen LogP contribution in [0.4, 0.5) is 0 Å². The highest BCUT2D eigenvalue weighted by Gasteiger charge is 2.14. The molecule has 0 fully saturated rings. The Morgan fingerprint density at radius 3 is 1.77 bits per heavy atom. The zero-order valence-electron chi connectivity index (χ0n) is 26.2. The second kappa shape index (κ2) is 20.9. The molecule has 0 saturated carbocycles. The SMILES string of the molecule is CC/C=C\C/C=C\C/C=C\C/C=C\C/C=C\CCCC(=O)OCN(C)CCC=C1c2ccccc2C=Cc2ccccc21. The number of carbonyl (C=O) groups is 1. The summed E-state index contributed by atoms with van der Waals surface area (Å²) in [5.41, 5.74) is 6.24. The molecule has 226 valence electrons. The number of hydrogen-bond donors (Lipinski definition) is 0. The normalized spacial score (nSPS) is 13.1. The van der Waals surface area contributed by atoms with Gasteiger partial charge in [0.25, 0.3) is 0 Å². The number of nitrogens with zero attached hydrogens (tertiary/aromatic N) is 1. The molecule has 0 saturated heterocycles. The molecule has 0 atom stereocenters. The summed E-state index contributed by atoms with van der Waals surface area (Å²) in [4.78, 5) is 14.3. The summed E-state index contributed by atoms with van der Waals surface area (Å²) in [5, 5.41) is 0. The van der Waals surface area contributed by atoms with Crippen LogP contribution in [0.2, 0.25) is 0 Å². The Balaban J connectivity index is 1.26. The molecule has 0 spiro atoms. The molecule has 1 aliphatic carbocycles. The summed E-state index contributed by atoms with van der Waals surface area (Å²) in [6.45, 7) is 3.29. The fraction of sp³-hybridized carbons (Fsp3) is 0.325. The lowest BCUT2D eigenvalue weighted by atomic mass is 9.93. The summed E-state index contributed by atoms with van der Waals surface area (Å²) in [5.74, 6) is -0.129. The second-order valence-electron chi connectivity index (χ2n) is 10.7. The van der Waals surface area contributed by atoms with Crippen LogP contribution in [0.15, 0.2) is 115 Å². The van der Waals surface area contributed by atoms with Crippen LogP contribution in [0.1, 0.15) is 87.0 Å².